The summed E-state index contributed by atoms with van der Waals surface area (Å²) in [6.07, 6.45) is 1.68. The van der Waals surface area contributed by atoms with Crippen molar-refractivity contribution in [2.75, 3.05) is 34.7 Å². The van der Waals surface area contributed by atoms with Gasteiger partial charge in [0, 0.05) is 52.1 Å². The summed E-state index contributed by atoms with van der Waals surface area (Å²) in [5.41, 5.74) is 8.19. The summed E-state index contributed by atoms with van der Waals surface area (Å²) in [6, 6.07) is 14.1. The maximum atomic E-state index is 14.5. The number of hydrogen-bond acceptors (Lipinski definition) is 4. The summed E-state index contributed by atoms with van der Waals surface area (Å²) in [6.45, 7) is -0.0380. The van der Waals surface area contributed by atoms with Gasteiger partial charge in [-0.15, -0.1) is 0 Å². The Labute approximate surface area is 193 Å². The van der Waals surface area contributed by atoms with Crippen LogP contribution >= 0.6 is 0 Å². The largest absolute Gasteiger partial charge is 0.343 e. The zero-order chi connectivity index (χ0) is 24.3. The number of amides is 1. The Morgan fingerprint density at radius 3 is 2.27 bits per heavy atom. The molecule has 176 valence electrons. The van der Waals surface area contributed by atoms with Crippen LogP contribution in [0.15, 0.2) is 65.3 Å². The highest BCUT2D eigenvalue weighted by atomic mass is 32.2. The Kier molecular flexibility index (Phi) is 7.36. The smallest absolute Gasteiger partial charge is 0.270 e. The van der Waals surface area contributed by atoms with Crippen molar-refractivity contribution >= 4 is 26.8 Å². The Hall–Kier alpha value is -3.01. The average molecular weight is 473 g/mol. The topological polar surface area (TPSA) is 88.6 Å². The van der Waals surface area contributed by atoms with E-state index in [2.05, 4.69) is 0 Å². The van der Waals surface area contributed by atoms with Crippen LogP contribution in [-0.4, -0.2) is 62.8 Å². The molecular weight excluding hydrogens is 443 g/mol. The molecule has 33 heavy (non-hydrogen) atoms. The molecule has 0 spiro atoms. The minimum absolute atomic E-state index is 0.0665. The van der Waals surface area contributed by atoms with Crippen LogP contribution in [0.5, 0.6) is 0 Å². The first kappa shape index (κ1) is 24.6. The SMILES string of the molecule is CN(C)C(=O)c1c(Cc2ccc(S(=O)(=O)N(C)C)cc2)c2ccccc2n1C/C(F)=C/CN. The van der Waals surface area contributed by atoms with Crippen LogP contribution in [0.25, 0.3) is 10.9 Å². The number of halogens is 1. The van der Waals surface area contributed by atoms with Gasteiger partial charge >= 0.3 is 0 Å². The van der Waals surface area contributed by atoms with E-state index in [1.807, 2.05) is 24.3 Å². The maximum Gasteiger partial charge on any atom is 0.270 e. The number of hydrogen-bond donors (Lipinski definition) is 1. The second-order valence-corrected chi connectivity index (χ2v) is 10.3. The number of sulfonamides is 1. The predicted molar refractivity (Wildman–Crippen MR) is 128 cm³/mol. The Balaban J connectivity index is 2.15. The minimum atomic E-state index is -3.54. The highest BCUT2D eigenvalue weighted by Gasteiger charge is 2.25. The van der Waals surface area contributed by atoms with Crippen LogP contribution in [-0.2, 0) is 23.0 Å². The van der Waals surface area contributed by atoms with E-state index < -0.39 is 15.9 Å². The van der Waals surface area contributed by atoms with Crippen LogP contribution < -0.4 is 5.73 Å². The molecule has 9 heteroatoms. The molecule has 1 amide bonds. The van der Waals surface area contributed by atoms with Crippen molar-refractivity contribution < 1.29 is 17.6 Å². The number of aromatic nitrogens is 1. The van der Waals surface area contributed by atoms with E-state index in [1.54, 1.807) is 42.9 Å². The lowest BCUT2D eigenvalue weighted by Crippen LogP contribution is -2.26. The fourth-order valence-electron chi connectivity index (χ4n) is 3.71. The van der Waals surface area contributed by atoms with Gasteiger partial charge in [-0.05, 0) is 35.4 Å². The highest BCUT2D eigenvalue weighted by molar-refractivity contribution is 7.89. The van der Waals surface area contributed by atoms with Gasteiger partial charge in [0.15, 0.2) is 0 Å². The van der Waals surface area contributed by atoms with Gasteiger partial charge in [0.25, 0.3) is 5.91 Å². The zero-order valence-electron chi connectivity index (χ0n) is 19.2. The van der Waals surface area contributed by atoms with Crippen molar-refractivity contribution in [3.05, 3.63) is 77.3 Å². The number of allylic oxidation sites excluding steroid dienone is 1. The van der Waals surface area contributed by atoms with Gasteiger partial charge in [-0.2, -0.15) is 0 Å². The van der Waals surface area contributed by atoms with Crippen molar-refractivity contribution in [3.63, 3.8) is 0 Å². The van der Waals surface area contributed by atoms with E-state index in [0.29, 0.717) is 12.1 Å². The normalized spacial score (nSPS) is 12.5. The minimum Gasteiger partial charge on any atom is -0.343 e. The number of fused-ring (bicyclic) bond motifs is 1. The predicted octanol–water partition coefficient (Wildman–Crippen LogP) is 3.00. The first-order valence-electron chi connectivity index (χ1n) is 10.5. The molecule has 0 aliphatic heterocycles. The molecule has 1 aromatic heterocycles. The molecule has 0 radical (unpaired) electrons. The van der Waals surface area contributed by atoms with Crippen molar-refractivity contribution in [1.82, 2.24) is 13.8 Å². The molecule has 1 heterocycles. The lowest BCUT2D eigenvalue weighted by atomic mass is 10.0. The number of nitrogens with zero attached hydrogens (tertiary/aromatic N) is 3. The number of benzene rings is 2. The lowest BCUT2D eigenvalue weighted by Gasteiger charge is -2.16. The van der Waals surface area contributed by atoms with E-state index in [-0.39, 0.29) is 23.9 Å². The van der Waals surface area contributed by atoms with E-state index in [9.17, 15) is 17.6 Å². The molecule has 7 nitrogen and oxygen atoms in total. The van der Waals surface area contributed by atoms with E-state index in [1.165, 1.54) is 25.1 Å². The fraction of sp³-hybridized carbons (Fsp3) is 0.292. The molecule has 2 N–H and O–H groups in total. The van der Waals surface area contributed by atoms with Crippen molar-refractivity contribution in [1.29, 1.82) is 0 Å². The monoisotopic (exact) mass is 472 g/mol. The van der Waals surface area contributed by atoms with Gasteiger partial charge in [0.05, 0.1) is 11.4 Å². The van der Waals surface area contributed by atoms with Crippen molar-refractivity contribution in [2.45, 2.75) is 17.9 Å². The molecule has 3 rings (SSSR count). The average Bonchev–Trinajstić information content (AvgIpc) is 3.06. The molecule has 0 saturated heterocycles. The number of carbonyl (C=O) groups excluding carboxylic acids is 1. The molecule has 0 unspecified atom stereocenters. The van der Waals surface area contributed by atoms with E-state index in [4.69, 9.17) is 5.73 Å². The third-order valence-corrected chi connectivity index (χ3v) is 7.25. The molecule has 0 aliphatic rings. The Morgan fingerprint density at radius 2 is 1.70 bits per heavy atom. The Morgan fingerprint density at radius 1 is 1.06 bits per heavy atom. The number of rotatable bonds is 8. The highest BCUT2D eigenvalue weighted by Crippen LogP contribution is 2.30. The quantitative estimate of drug-likeness (QED) is 0.546. The van der Waals surface area contributed by atoms with Crippen molar-refractivity contribution in [2.24, 2.45) is 5.73 Å². The first-order chi connectivity index (χ1) is 15.6. The van der Waals surface area contributed by atoms with Crippen molar-refractivity contribution in [3.8, 4) is 0 Å². The first-order valence-corrected chi connectivity index (χ1v) is 11.9. The van der Waals surface area contributed by atoms with Gasteiger partial charge in [0.1, 0.15) is 11.5 Å². The molecule has 3 aromatic rings. The molecule has 0 bridgehead atoms. The maximum absolute atomic E-state index is 14.5. The molecule has 0 fully saturated rings. The Bertz CT molecular complexity index is 1290. The second kappa shape index (κ2) is 9.86. The molecule has 0 atom stereocenters. The summed E-state index contributed by atoms with van der Waals surface area (Å²) in [5.74, 6) is -0.663. The second-order valence-electron chi connectivity index (χ2n) is 8.12. The van der Waals surface area contributed by atoms with E-state index in [0.717, 1.165) is 26.3 Å². The third-order valence-electron chi connectivity index (χ3n) is 5.42. The summed E-state index contributed by atoms with van der Waals surface area (Å²) >= 11 is 0. The van der Waals surface area contributed by atoms with Gasteiger partial charge in [-0.3, -0.25) is 4.79 Å². The third kappa shape index (κ3) is 5.00. The molecule has 0 aliphatic carbocycles. The van der Waals surface area contributed by atoms with Crippen LogP contribution in [0.2, 0.25) is 0 Å². The van der Waals surface area contributed by atoms with Crippen LogP contribution in [0.4, 0.5) is 4.39 Å². The summed E-state index contributed by atoms with van der Waals surface area (Å²) in [7, 11) is 2.73. The van der Waals surface area contributed by atoms with Gasteiger partial charge in [0.2, 0.25) is 10.0 Å². The summed E-state index contributed by atoms with van der Waals surface area (Å²) in [4.78, 5) is 14.9. The summed E-state index contributed by atoms with van der Waals surface area (Å²) in [5, 5.41) is 0.841. The standard InChI is InChI=1S/C24H29FN4O3S/c1-27(2)24(30)23-21(15-17-9-11-19(12-10-17)33(31,32)28(3)4)20-7-5-6-8-22(20)29(23)16-18(25)13-14-26/h5-13H,14-16,26H2,1-4H3/b18-13-. The number of para-hydroxylation sites is 1. The molecule has 2 aromatic carbocycles. The lowest BCUT2D eigenvalue weighted by molar-refractivity contribution is 0.0817. The number of nitrogens with two attached hydrogens (primary N) is 1. The van der Waals surface area contributed by atoms with Gasteiger partial charge in [-0.25, -0.2) is 17.1 Å². The van der Waals surface area contributed by atoms with Crippen LogP contribution in [0.3, 0.4) is 0 Å². The van der Waals surface area contributed by atoms with Gasteiger partial charge < -0.3 is 15.2 Å². The molecular formula is C24H29FN4O3S. The molecule has 0 saturated carbocycles. The summed E-state index contributed by atoms with van der Waals surface area (Å²) < 4.78 is 42.1. The van der Waals surface area contributed by atoms with Crippen LogP contribution in [0, 0.1) is 0 Å². The van der Waals surface area contributed by atoms with Crippen LogP contribution in [0.1, 0.15) is 21.6 Å². The zero-order valence-corrected chi connectivity index (χ0v) is 20.1. The number of carbonyl (C=O) groups is 1. The van der Waals surface area contributed by atoms with Gasteiger partial charge in [-0.1, -0.05) is 30.3 Å². The fourth-order valence-corrected chi connectivity index (χ4v) is 4.61. The van der Waals surface area contributed by atoms with E-state index >= 15 is 0 Å².